The Balaban J connectivity index is 1.93. The van der Waals surface area contributed by atoms with E-state index in [4.69, 9.17) is 5.11 Å². The van der Waals surface area contributed by atoms with Crippen LogP contribution in [0.3, 0.4) is 0 Å². The Kier molecular flexibility index (Phi) is 9.49. The first kappa shape index (κ1) is 26.9. The fraction of sp³-hybridized carbons (Fsp3) is 0.607. The van der Waals surface area contributed by atoms with Gasteiger partial charge in [-0.05, 0) is 56.2 Å². The van der Waals surface area contributed by atoms with Gasteiger partial charge in [0, 0.05) is 31.8 Å². The minimum absolute atomic E-state index is 0.0163. The summed E-state index contributed by atoms with van der Waals surface area (Å²) in [6.45, 7) is 6.64. The minimum Gasteiger partial charge on any atom is -0.396 e. The van der Waals surface area contributed by atoms with E-state index in [1.165, 1.54) is 0 Å². The molecule has 0 spiro atoms. The Hall–Kier alpha value is -2.67. The van der Waals surface area contributed by atoms with Gasteiger partial charge in [0.1, 0.15) is 6.04 Å². The molecule has 3 rings (SSSR count). The Morgan fingerprint density at radius 3 is 2.49 bits per heavy atom. The normalized spacial score (nSPS) is 25.5. The number of aliphatic hydroxyl groups is 1. The van der Waals surface area contributed by atoms with E-state index < -0.39 is 17.9 Å². The van der Waals surface area contributed by atoms with Crippen molar-refractivity contribution >= 4 is 23.4 Å². The van der Waals surface area contributed by atoms with Crippen LogP contribution in [0.2, 0.25) is 0 Å². The number of nitrogens with zero attached hydrogens (tertiary/aromatic N) is 1. The fourth-order valence-electron chi connectivity index (χ4n) is 5.70. The fourth-order valence-corrected chi connectivity index (χ4v) is 5.70. The number of amides is 3. The molecule has 0 bridgehead atoms. The molecule has 0 radical (unpaired) electrons. The van der Waals surface area contributed by atoms with Gasteiger partial charge in [-0.2, -0.15) is 0 Å². The molecule has 35 heavy (non-hydrogen) atoms. The quantitative estimate of drug-likeness (QED) is 0.331. The zero-order chi connectivity index (χ0) is 25.5. The largest absolute Gasteiger partial charge is 0.396 e. The Morgan fingerprint density at radius 2 is 1.80 bits per heavy atom. The van der Waals surface area contributed by atoms with Crippen molar-refractivity contribution in [3.63, 3.8) is 0 Å². The van der Waals surface area contributed by atoms with Crippen LogP contribution in [-0.4, -0.2) is 54.0 Å². The summed E-state index contributed by atoms with van der Waals surface area (Å²) in [7, 11) is 1.61. The molecular formula is C28H41N3O4. The molecule has 3 N–H and O–H groups in total. The van der Waals surface area contributed by atoms with E-state index in [1.807, 2.05) is 38.1 Å². The highest BCUT2D eigenvalue weighted by Crippen LogP contribution is 2.45. The lowest BCUT2D eigenvalue weighted by molar-refractivity contribution is -0.140. The first-order valence-corrected chi connectivity index (χ1v) is 13.0. The van der Waals surface area contributed by atoms with Crippen molar-refractivity contribution in [1.29, 1.82) is 0 Å². The number of aryl methyl sites for hydroxylation is 2. The van der Waals surface area contributed by atoms with Crippen LogP contribution >= 0.6 is 0 Å². The summed E-state index contributed by atoms with van der Waals surface area (Å²) in [6, 6.07) is 5.27. The van der Waals surface area contributed by atoms with Crippen molar-refractivity contribution in [3.05, 3.63) is 41.5 Å². The molecular weight excluding hydrogens is 442 g/mol. The molecule has 5 atom stereocenters. The van der Waals surface area contributed by atoms with Gasteiger partial charge in [0.15, 0.2) is 0 Å². The number of aliphatic hydroxyl groups excluding tert-OH is 1. The van der Waals surface area contributed by atoms with E-state index in [0.29, 0.717) is 6.54 Å². The van der Waals surface area contributed by atoms with Gasteiger partial charge in [0.25, 0.3) is 0 Å². The minimum atomic E-state index is -0.656. The zero-order valence-corrected chi connectivity index (χ0v) is 21.5. The summed E-state index contributed by atoms with van der Waals surface area (Å²) in [5.74, 6) is -1.81. The molecule has 2 aliphatic rings. The molecule has 1 heterocycles. The van der Waals surface area contributed by atoms with Crippen molar-refractivity contribution in [3.8, 4) is 0 Å². The zero-order valence-electron chi connectivity index (χ0n) is 21.5. The van der Waals surface area contributed by atoms with Crippen LogP contribution < -0.4 is 10.6 Å². The van der Waals surface area contributed by atoms with Gasteiger partial charge in [0.05, 0.1) is 11.8 Å². The summed E-state index contributed by atoms with van der Waals surface area (Å²) in [6.07, 6.45) is 9.05. The topological polar surface area (TPSA) is 98.7 Å². The smallest absolute Gasteiger partial charge is 0.247 e. The van der Waals surface area contributed by atoms with E-state index in [9.17, 15) is 14.4 Å². The van der Waals surface area contributed by atoms with Gasteiger partial charge in [-0.15, -0.1) is 0 Å². The second-order valence-corrected chi connectivity index (χ2v) is 10.0. The summed E-state index contributed by atoms with van der Waals surface area (Å²) >= 11 is 0. The number of carbonyl (C=O) groups excluding carboxylic acids is 3. The molecule has 192 valence electrons. The predicted octanol–water partition coefficient (Wildman–Crippen LogP) is 3.59. The number of unbranched alkanes of at least 4 members (excludes halogenated alkanes) is 3. The van der Waals surface area contributed by atoms with Crippen LogP contribution in [0.15, 0.2) is 30.4 Å². The van der Waals surface area contributed by atoms with Gasteiger partial charge in [-0.3, -0.25) is 14.4 Å². The molecule has 1 aromatic carbocycles. The highest BCUT2D eigenvalue weighted by atomic mass is 16.3. The number of likely N-dealkylation sites (tertiary alicyclic amines) is 1. The van der Waals surface area contributed by atoms with Crippen LogP contribution in [0.4, 0.5) is 5.69 Å². The van der Waals surface area contributed by atoms with Gasteiger partial charge in [-0.1, -0.05) is 50.5 Å². The second-order valence-electron chi connectivity index (χ2n) is 10.0. The average Bonchev–Trinajstić information content (AvgIpc) is 3.12. The number of allylic oxidation sites excluding steroid dienone is 1. The van der Waals surface area contributed by atoms with Crippen LogP contribution in [0, 0.1) is 37.5 Å². The molecule has 0 aromatic heterocycles. The first-order valence-electron chi connectivity index (χ1n) is 13.0. The second kappa shape index (κ2) is 12.3. The van der Waals surface area contributed by atoms with Crippen molar-refractivity contribution in [2.75, 3.05) is 25.5 Å². The lowest BCUT2D eigenvalue weighted by Gasteiger charge is -2.34. The van der Waals surface area contributed by atoms with E-state index in [-0.39, 0.29) is 36.2 Å². The van der Waals surface area contributed by atoms with Crippen molar-refractivity contribution in [1.82, 2.24) is 10.2 Å². The van der Waals surface area contributed by atoms with E-state index in [1.54, 1.807) is 11.9 Å². The average molecular weight is 484 g/mol. The maximum absolute atomic E-state index is 13.8. The van der Waals surface area contributed by atoms with Crippen molar-refractivity contribution in [2.45, 2.75) is 65.3 Å². The van der Waals surface area contributed by atoms with Crippen molar-refractivity contribution < 1.29 is 19.5 Å². The lowest BCUT2D eigenvalue weighted by Crippen LogP contribution is -2.45. The molecule has 3 amide bonds. The number of rotatable bonds is 11. The molecule has 7 nitrogen and oxygen atoms in total. The molecule has 1 aliphatic carbocycles. The van der Waals surface area contributed by atoms with Gasteiger partial charge >= 0.3 is 0 Å². The Labute approximate surface area is 209 Å². The van der Waals surface area contributed by atoms with Crippen molar-refractivity contribution in [2.24, 2.45) is 23.7 Å². The standard InChI is InChI=1S/C28H41N3O4/c1-5-10-20-13-14-21-24(23(20)26(33)29-4)28(35)31(15-8-6-7-9-16-32)25(21)27(34)30-22-17-18(2)11-12-19(22)3/h11-14,17,20-21,23-25,32H,5-10,15-16H2,1-4H3,(H,29,33)(H,30,34)/t20-,21+,23-,24+,25+/m1/s1. The third-order valence-corrected chi connectivity index (χ3v) is 7.51. The Morgan fingerprint density at radius 1 is 1.06 bits per heavy atom. The number of fused-ring (bicyclic) bond motifs is 1. The Bertz CT molecular complexity index is 944. The summed E-state index contributed by atoms with van der Waals surface area (Å²) in [5, 5.41) is 14.9. The van der Waals surface area contributed by atoms with Gasteiger partial charge in [0.2, 0.25) is 17.7 Å². The monoisotopic (exact) mass is 483 g/mol. The van der Waals surface area contributed by atoms with Crippen LogP contribution in [-0.2, 0) is 14.4 Å². The van der Waals surface area contributed by atoms with Crippen LogP contribution in [0.5, 0.6) is 0 Å². The SMILES string of the molecule is CCC[C@@H]1C=C[C@H]2[C@H](C(=O)N(CCCCCCO)[C@@H]2C(=O)Nc2cc(C)ccc2C)[C@@H]1C(=O)NC. The van der Waals surface area contributed by atoms with Gasteiger partial charge in [-0.25, -0.2) is 0 Å². The number of carbonyl (C=O) groups is 3. The number of benzene rings is 1. The summed E-state index contributed by atoms with van der Waals surface area (Å²) in [5.41, 5.74) is 2.76. The first-order chi connectivity index (χ1) is 16.8. The molecule has 1 fully saturated rings. The van der Waals surface area contributed by atoms with E-state index >= 15 is 0 Å². The predicted molar refractivity (Wildman–Crippen MR) is 138 cm³/mol. The van der Waals surface area contributed by atoms with Crippen LogP contribution in [0.25, 0.3) is 0 Å². The third kappa shape index (κ3) is 5.95. The van der Waals surface area contributed by atoms with E-state index in [0.717, 1.165) is 55.3 Å². The molecule has 0 saturated carbocycles. The number of nitrogens with one attached hydrogen (secondary N) is 2. The van der Waals surface area contributed by atoms with Crippen LogP contribution in [0.1, 0.15) is 56.6 Å². The lowest BCUT2D eigenvalue weighted by atomic mass is 9.68. The number of anilines is 1. The molecule has 7 heteroatoms. The molecule has 1 aromatic rings. The maximum atomic E-state index is 13.8. The van der Waals surface area contributed by atoms with Gasteiger partial charge < -0.3 is 20.6 Å². The number of hydrogen-bond donors (Lipinski definition) is 3. The summed E-state index contributed by atoms with van der Waals surface area (Å²) < 4.78 is 0. The molecule has 1 saturated heterocycles. The third-order valence-electron chi connectivity index (χ3n) is 7.51. The highest BCUT2D eigenvalue weighted by molar-refractivity contribution is 6.02. The maximum Gasteiger partial charge on any atom is 0.247 e. The molecule has 0 unspecified atom stereocenters. The number of hydrogen-bond acceptors (Lipinski definition) is 4. The van der Waals surface area contributed by atoms with E-state index in [2.05, 4.69) is 23.6 Å². The molecule has 1 aliphatic heterocycles. The highest BCUT2D eigenvalue weighted by Gasteiger charge is 2.56. The summed E-state index contributed by atoms with van der Waals surface area (Å²) in [4.78, 5) is 42.2.